The van der Waals surface area contributed by atoms with Crippen molar-refractivity contribution < 1.29 is 36.2 Å². The number of alkyl halides is 6. The summed E-state index contributed by atoms with van der Waals surface area (Å²) >= 11 is 0. The van der Waals surface area contributed by atoms with Crippen LogP contribution in [-0.2, 0) is 12.1 Å². The summed E-state index contributed by atoms with van der Waals surface area (Å²) in [7, 11) is 0. The molecule has 0 bridgehead atoms. The number of likely N-dealkylation sites (tertiary alicyclic amines) is 1. The van der Waals surface area contributed by atoms with Gasteiger partial charge < -0.3 is 14.6 Å². The van der Waals surface area contributed by atoms with Crippen molar-refractivity contribution in [1.29, 1.82) is 0 Å². The number of amides is 1. The molecule has 0 unspecified atom stereocenters. The molecule has 2 aromatic carbocycles. The Labute approximate surface area is 197 Å². The highest BCUT2D eigenvalue weighted by molar-refractivity contribution is 5.94. The van der Waals surface area contributed by atoms with E-state index in [2.05, 4.69) is 0 Å². The number of aromatic nitrogens is 1. The number of nitrogens with zero attached hydrogens (tertiary/aromatic N) is 2. The van der Waals surface area contributed by atoms with E-state index < -0.39 is 23.5 Å². The van der Waals surface area contributed by atoms with Gasteiger partial charge in [0.25, 0.3) is 11.5 Å². The molecule has 4 rings (SSSR count). The summed E-state index contributed by atoms with van der Waals surface area (Å²) in [5.41, 5.74) is -3.97. The molecule has 1 aliphatic heterocycles. The third-order valence-electron chi connectivity index (χ3n) is 6.50. The van der Waals surface area contributed by atoms with Gasteiger partial charge in [0.05, 0.1) is 0 Å². The Balaban J connectivity index is 1.67. The molecule has 0 spiro atoms. The summed E-state index contributed by atoms with van der Waals surface area (Å²) in [4.78, 5) is 14.6. The SMILES string of the molecule is Cc1cc2cc(C(O)(C(F)(F)F)C(F)(F)F)ccc2n1Cc1cccc(C(=O)N2CCCCC2)c1. The molecule has 1 fully saturated rings. The standard InChI is InChI=1S/C25H24F6N2O2/c1-16-12-19-14-20(23(35,24(26,27)28)25(29,30)31)8-9-21(19)33(16)15-17-6-5-7-18(13-17)22(34)32-10-3-2-4-11-32/h5-9,12-14,35H,2-4,10-11,15H2,1H3. The molecule has 10 heteroatoms. The zero-order valence-electron chi connectivity index (χ0n) is 18.9. The summed E-state index contributed by atoms with van der Waals surface area (Å²) in [5, 5.41) is 9.86. The van der Waals surface area contributed by atoms with E-state index >= 15 is 0 Å². The molecule has 0 aliphatic carbocycles. The number of rotatable bonds is 4. The predicted molar refractivity (Wildman–Crippen MR) is 118 cm³/mol. The van der Waals surface area contributed by atoms with Gasteiger partial charge in [0.1, 0.15) is 0 Å². The van der Waals surface area contributed by atoms with Crippen molar-refractivity contribution in [1.82, 2.24) is 9.47 Å². The van der Waals surface area contributed by atoms with E-state index in [-0.39, 0.29) is 17.8 Å². The van der Waals surface area contributed by atoms with Crippen molar-refractivity contribution in [3.8, 4) is 0 Å². The molecule has 1 aliphatic rings. The number of halogens is 6. The molecule has 0 radical (unpaired) electrons. The first-order valence-electron chi connectivity index (χ1n) is 11.2. The summed E-state index contributed by atoms with van der Waals surface area (Å²) in [5.74, 6) is -0.0659. The fraction of sp³-hybridized carbons (Fsp3) is 0.400. The number of aryl methyl sites for hydroxylation is 1. The van der Waals surface area contributed by atoms with E-state index in [4.69, 9.17) is 0 Å². The van der Waals surface area contributed by atoms with Crippen LogP contribution in [0.2, 0.25) is 0 Å². The molecule has 0 atom stereocenters. The van der Waals surface area contributed by atoms with Crippen LogP contribution in [0.4, 0.5) is 26.3 Å². The van der Waals surface area contributed by atoms with Gasteiger partial charge in [-0.25, -0.2) is 0 Å². The molecule has 188 valence electrons. The monoisotopic (exact) mass is 498 g/mol. The van der Waals surface area contributed by atoms with Crippen LogP contribution in [0.1, 0.15) is 46.4 Å². The Morgan fingerprint density at radius 3 is 2.20 bits per heavy atom. The molecule has 1 N–H and O–H groups in total. The fourth-order valence-electron chi connectivity index (χ4n) is 4.60. The van der Waals surface area contributed by atoms with Crippen LogP contribution in [0.15, 0.2) is 48.5 Å². The lowest BCUT2D eigenvalue weighted by Gasteiger charge is -2.32. The highest BCUT2D eigenvalue weighted by Gasteiger charge is 2.71. The van der Waals surface area contributed by atoms with Gasteiger partial charge in [-0.1, -0.05) is 18.2 Å². The maximum atomic E-state index is 13.3. The van der Waals surface area contributed by atoms with Crippen LogP contribution in [0.3, 0.4) is 0 Å². The molecule has 4 nitrogen and oxygen atoms in total. The van der Waals surface area contributed by atoms with E-state index in [1.165, 1.54) is 6.07 Å². The van der Waals surface area contributed by atoms with Gasteiger partial charge in [0, 0.05) is 47.4 Å². The molecule has 1 saturated heterocycles. The van der Waals surface area contributed by atoms with Crippen LogP contribution >= 0.6 is 0 Å². The van der Waals surface area contributed by atoms with E-state index in [1.807, 2.05) is 4.90 Å². The lowest BCUT2D eigenvalue weighted by molar-refractivity contribution is -0.376. The first-order chi connectivity index (χ1) is 16.3. The normalized spacial score (nSPS) is 15.6. The van der Waals surface area contributed by atoms with Gasteiger partial charge in [-0.3, -0.25) is 4.79 Å². The first kappa shape index (κ1) is 25.1. The lowest BCUT2D eigenvalue weighted by atomic mass is 9.91. The molecular weight excluding hydrogens is 474 g/mol. The highest BCUT2D eigenvalue weighted by atomic mass is 19.4. The van der Waals surface area contributed by atoms with Gasteiger partial charge in [-0.15, -0.1) is 0 Å². The van der Waals surface area contributed by atoms with Crippen LogP contribution in [0.5, 0.6) is 0 Å². The quantitative estimate of drug-likeness (QED) is 0.453. The van der Waals surface area contributed by atoms with Crippen molar-refractivity contribution in [2.75, 3.05) is 13.1 Å². The average molecular weight is 498 g/mol. The number of hydrogen-bond donors (Lipinski definition) is 1. The second-order valence-electron chi connectivity index (χ2n) is 8.90. The average Bonchev–Trinajstić information content (AvgIpc) is 3.11. The molecule has 1 amide bonds. The first-order valence-corrected chi connectivity index (χ1v) is 11.2. The molecule has 1 aromatic heterocycles. The minimum absolute atomic E-state index is 0.0659. The van der Waals surface area contributed by atoms with Gasteiger partial charge in [-0.2, -0.15) is 26.3 Å². The van der Waals surface area contributed by atoms with Crippen molar-refractivity contribution in [2.45, 2.75) is 50.7 Å². The molecule has 35 heavy (non-hydrogen) atoms. The summed E-state index contributed by atoms with van der Waals surface area (Å²) in [6.45, 7) is 3.35. The minimum Gasteiger partial charge on any atom is -0.369 e. The van der Waals surface area contributed by atoms with Crippen LogP contribution in [0, 0.1) is 6.92 Å². The number of carbonyl (C=O) groups is 1. The second kappa shape index (κ2) is 8.89. The van der Waals surface area contributed by atoms with Gasteiger partial charge >= 0.3 is 12.4 Å². The Hall–Kier alpha value is -3.01. The summed E-state index contributed by atoms with van der Waals surface area (Å²) in [6.07, 6.45) is -8.88. The van der Waals surface area contributed by atoms with E-state index in [0.29, 0.717) is 35.9 Å². The van der Waals surface area contributed by atoms with Crippen LogP contribution < -0.4 is 0 Å². The largest absolute Gasteiger partial charge is 0.430 e. The van der Waals surface area contributed by atoms with Gasteiger partial charge in [0.15, 0.2) is 0 Å². The van der Waals surface area contributed by atoms with Crippen molar-refractivity contribution in [3.05, 3.63) is 70.9 Å². The third kappa shape index (κ3) is 4.51. The minimum atomic E-state index is -5.95. The number of benzene rings is 2. The molecule has 3 aromatic rings. The van der Waals surface area contributed by atoms with Crippen LogP contribution in [-0.4, -0.2) is 45.9 Å². The third-order valence-corrected chi connectivity index (χ3v) is 6.50. The van der Waals surface area contributed by atoms with E-state index in [1.54, 1.807) is 35.8 Å². The number of carbonyl (C=O) groups excluding carboxylic acids is 1. The van der Waals surface area contributed by atoms with Crippen molar-refractivity contribution in [3.63, 3.8) is 0 Å². The van der Waals surface area contributed by atoms with Gasteiger partial charge in [-0.05, 0) is 62.1 Å². The fourth-order valence-corrected chi connectivity index (χ4v) is 4.60. The molecule has 2 heterocycles. The van der Waals surface area contributed by atoms with Crippen molar-refractivity contribution in [2.24, 2.45) is 0 Å². The second-order valence-corrected chi connectivity index (χ2v) is 8.90. The zero-order valence-corrected chi connectivity index (χ0v) is 18.9. The summed E-state index contributed by atoms with van der Waals surface area (Å²) in [6, 6.07) is 11.0. The smallest absolute Gasteiger partial charge is 0.369 e. The highest BCUT2D eigenvalue weighted by Crippen LogP contribution is 2.50. The molecule has 0 saturated carbocycles. The maximum absolute atomic E-state index is 13.3. The van der Waals surface area contributed by atoms with Gasteiger partial charge in [0.2, 0.25) is 0 Å². The maximum Gasteiger partial charge on any atom is 0.430 e. The van der Waals surface area contributed by atoms with E-state index in [0.717, 1.165) is 37.0 Å². The van der Waals surface area contributed by atoms with Crippen molar-refractivity contribution >= 4 is 16.8 Å². The Morgan fingerprint density at radius 2 is 1.57 bits per heavy atom. The Morgan fingerprint density at radius 1 is 0.914 bits per heavy atom. The molecular formula is C25H24F6N2O2. The summed E-state index contributed by atoms with van der Waals surface area (Å²) < 4.78 is 81.5. The Bertz CT molecular complexity index is 1220. The Kier molecular flexibility index (Phi) is 6.37. The van der Waals surface area contributed by atoms with Crippen LogP contribution in [0.25, 0.3) is 10.9 Å². The number of hydrogen-bond acceptors (Lipinski definition) is 2. The topological polar surface area (TPSA) is 45.5 Å². The lowest BCUT2D eigenvalue weighted by Crippen LogP contribution is -2.53. The predicted octanol–water partition coefficient (Wildman–Crippen LogP) is 5.94. The number of piperidine rings is 1. The van der Waals surface area contributed by atoms with E-state index in [9.17, 15) is 36.2 Å². The number of aliphatic hydroxyl groups is 1. The zero-order chi connectivity index (χ0) is 25.6. The number of fused-ring (bicyclic) bond motifs is 1.